The Morgan fingerprint density at radius 1 is 1.15 bits per heavy atom. The number of carbonyl (C=O) groups is 3. The van der Waals surface area contributed by atoms with Crippen molar-refractivity contribution >= 4 is 34.2 Å². The Morgan fingerprint density at radius 3 is 2.52 bits per heavy atom. The number of hydrogen-bond acceptors (Lipinski definition) is 4. The van der Waals surface area contributed by atoms with Crippen LogP contribution in [0, 0.1) is 0 Å². The van der Waals surface area contributed by atoms with E-state index in [-0.39, 0.29) is 30.0 Å². The lowest BCUT2D eigenvalue weighted by Gasteiger charge is -2.33. The molecule has 1 aliphatic heterocycles. The quantitative estimate of drug-likeness (QED) is 0.840. The molecule has 1 fully saturated rings. The van der Waals surface area contributed by atoms with Gasteiger partial charge >= 0.3 is 5.97 Å². The number of nitrogens with zero attached hydrogens (tertiary/aromatic N) is 1. The fourth-order valence-corrected chi connectivity index (χ4v) is 3.46. The molecule has 1 aliphatic rings. The van der Waals surface area contributed by atoms with Gasteiger partial charge in [-0.05, 0) is 49.1 Å². The molecule has 6 nitrogen and oxygen atoms in total. The molecule has 0 bridgehead atoms. The number of anilines is 1. The van der Waals surface area contributed by atoms with Crippen molar-refractivity contribution in [3.63, 3.8) is 0 Å². The van der Waals surface area contributed by atoms with E-state index in [2.05, 4.69) is 5.32 Å². The number of esters is 1. The Morgan fingerprint density at radius 2 is 1.85 bits per heavy atom. The number of likely N-dealkylation sites (tertiary alicyclic amines) is 1. The molecule has 0 radical (unpaired) electrons. The van der Waals surface area contributed by atoms with E-state index in [4.69, 9.17) is 4.74 Å². The highest BCUT2D eigenvalue weighted by atomic mass is 16.5. The second-order valence-electron chi connectivity index (χ2n) is 6.93. The molecular formula is C21H24N2O4. The number of rotatable bonds is 4. The number of benzene rings is 2. The number of nitrogens with one attached hydrogen (secondary N) is 1. The van der Waals surface area contributed by atoms with Gasteiger partial charge in [0.05, 0.1) is 11.3 Å². The summed E-state index contributed by atoms with van der Waals surface area (Å²) in [4.78, 5) is 38.3. The minimum atomic E-state index is -0.623. The summed E-state index contributed by atoms with van der Waals surface area (Å²) in [5.74, 6) is -1.09. The summed E-state index contributed by atoms with van der Waals surface area (Å²) >= 11 is 0. The van der Waals surface area contributed by atoms with Crippen LogP contribution in [0.1, 0.15) is 43.5 Å². The first-order valence-corrected chi connectivity index (χ1v) is 9.22. The molecule has 2 amide bonds. The summed E-state index contributed by atoms with van der Waals surface area (Å²) in [6.07, 6.45) is 3.06. The van der Waals surface area contributed by atoms with Gasteiger partial charge in [-0.2, -0.15) is 0 Å². The van der Waals surface area contributed by atoms with Gasteiger partial charge in [-0.3, -0.25) is 9.59 Å². The molecule has 27 heavy (non-hydrogen) atoms. The fraction of sp³-hybridized carbons (Fsp3) is 0.381. The Labute approximate surface area is 158 Å². The third-order valence-corrected chi connectivity index (χ3v) is 4.87. The first-order chi connectivity index (χ1) is 13.0. The lowest BCUT2D eigenvalue weighted by Crippen LogP contribution is -2.44. The molecule has 2 aromatic carbocycles. The predicted octanol–water partition coefficient (Wildman–Crippen LogP) is 3.36. The maximum Gasteiger partial charge on any atom is 0.340 e. The summed E-state index contributed by atoms with van der Waals surface area (Å²) in [6.45, 7) is 3.79. The third kappa shape index (κ3) is 4.45. The van der Waals surface area contributed by atoms with Gasteiger partial charge in [0.1, 0.15) is 0 Å². The van der Waals surface area contributed by atoms with Crippen molar-refractivity contribution < 1.29 is 19.1 Å². The van der Waals surface area contributed by atoms with E-state index >= 15 is 0 Å². The van der Waals surface area contributed by atoms with Crippen molar-refractivity contribution in [1.29, 1.82) is 0 Å². The van der Waals surface area contributed by atoms with E-state index in [0.717, 1.165) is 30.0 Å². The number of fused-ring (bicyclic) bond motifs is 1. The van der Waals surface area contributed by atoms with E-state index in [1.165, 1.54) is 6.92 Å². The van der Waals surface area contributed by atoms with Crippen LogP contribution in [-0.2, 0) is 14.3 Å². The smallest absolute Gasteiger partial charge is 0.340 e. The first-order valence-electron chi connectivity index (χ1n) is 9.22. The van der Waals surface area contributed by atoms with E-state index in [9.17, 15) is 14.4 Å². The normalized spacial score (nSPS) is 16.8. The van der Waals surface area contributed by atoms with Crippen LogP contribution in [0.25, 0.3) is 10.8 Å². The van der Waals surface area contributed by atoms with Gasteiger partial charge in [0.25, 0.3) is 5.91 Å². The SMILES string of the molecule is CC(=O)Nc1cc2ccccc2cc1C(=O)OCC(=O)N1CCCC[C@H]1C. The molecule has 0 spiro atoms. The van der Waals surface area contributed by atoms with Crippen molar-refractivity contribution in [2.75, 3.05) is 18.5 Å². The lowest BCUT2D eigenvalue weighted by molar-refractivity contribution is -0.137. The third-order valence-electron chi connectivity index (χ3n) is 4.87. The highest BCUT2D eigenvalue weighted by Gasteiger charge is 2.24. The molecule has 0 saturated carbocycles. The van der Waals surface area contributed by atoms with Crippen LogP contribution in [0.5, 0.6) is 0 Å². The van der Waals surface area contributed by atoms with Crippen molar-refractivity contribution in [3.8, 4) is 0 Å². The van der Waals surface area contributed by atoms with Crippen LogP contribution >= 0.6 is 0 Å². The van der Waals surface area contributed by atoms with Gasteiger partial charge in [-0.1, -0.05) is 24.3 Å². The molecule has 6 heteroatoms. The molecule has 1 heterocycles. The highest BCUT2D eigenvalue weighted by Crippen LogP contribution is 2.25. The zero-order chi connectivity index (χ0) is 19.4. The lowest BCUT2D eigenvalue weighted by atomic mass is 10.0. The second kappa shape index (κ2) is 8.20. The van der Waals surface area contributed by atoms with Crippen molar-refractivity contribution in [2.45, 2.75) is 39.2 Å². The topological polar surface area (TPSA) is 75.7 Å². The summed E-state index contributed by atoms with van der Waals surface area (Å²) in [5.41, 5.74) is 0.619. The number of carbonyl (C=O) groups excluding carboxylic acids is 3. The van der Waals surface area contributed by atoms with Gasteiger partial charge in [-0.15, -0.1) is 0 Å². The summed E-state index contributed by atoms with van der Waals surface area (Å²) in [6, 6.07) is 11.1. The largest absolute Gasteiger partial charge is 0.452 e. The van der Waals surface area contributed by atoms with Crippen LogP contribution in [0.3, 0.4) is 0 Å². The van der Waals surface area contributed by atoms with Crippen molar-refractivity contribution in [3.05, 3.63) is 42.0 Å². The van der Waals surface area contributed by atoms with Gasteiger partial charge in [0.2, 0.25) is 5.91 Å². The van der Waals surface area contributed by atoms with E-state index in [1.54, 1.807) is 17.0 Å². The van der Waals surface area contributed by atoms with Crippen LogP contribution in [0.2, 0.25) is 0 Å². The molecule has 0 aliphatic carbocycles. The zero-order valence-corrected chi connectivity index (χ0v) is 15.7. The second-order valence-corrected chi connectivity index (χ2v) is 6.93. The Balaban J connectivity index is 1.77. The molecule has 142 valence electrons. The average molecular weight is 368 g/mol. The number of ether oxygens (including phenoxy) is 1. The summed E-state index contributed by atoms with van der Waals surface area (Å²) in [5, 5.41) is 4.42. The monoisotopic (exact) mass is 368 g/mol. The summed E-state index contributed by atoms with van der Waals surface area (Å²) in [7, 11) is 0. The minimum absolute atomic E-state index is 0.167. The Kier molecular flexibility index (Phi) is 5.74. The molecule has 2 aromatic rings. The number of hydrogen-bond donors (Lipinski definition) is 1. The van der Waals surface area contributed by atoms with Gasteiger partial charge in [0.15, 0.2) is 6.61 Å². The number of piperidine rings is 1. The molecular weight excluding hydrogens is 344 g/mol. The maximum absolute atomic E-state index is 12.6. The van der Waals surface area contributed by atoms with Gasteiger partial charge in [-0.25, -0.2) is 4.79 Å². The molecule has 3 rings (SSSR count). The average Bonchev–Trinajstić information content (AvgIpc) is 2.65. The van der Waals surface area contributed by atoms with Crippen molar-refractivity contribution in [1.82, 2.24) is 4.90 Å². The zero-order valence-electron chi connectivity index (χ0n) is 15.7. The molecule has 1 N–H and O–H groups in total. The Bertz CT molecular complexity index is 878. The van der Waals surface area contributed by atoms with Crippen LogP contribution in [0.4, 0.5) is 5.69 Å². The molecule has 1 saturated heterocycles. The predicted molar refractivity (Wildman–Crippen MR) is 104 cm³/mol. The van der Waals surface area contributed by atoms with E-state index < -0.39 is 5.97 Å². The van der Waals surface area contributed by atoms with Gasteiger partial charge < -0.3 is 15.0 Å². The highest BCUT2D eigenvalue weighted by molar-refractivity contribution is 6.05. The Hall–Kier alpha value is -2.89. The van der Waals surface area contributed by atoms with Crippen LogP contribution in [-0.4, -0.2) is 41.9 Å². The molecule has 0 unspecified atom stereocenters. The van der Waals surface area contributed by atoms with Crippen LogP contribution < -0.4 is 5.32 Å². The van der Waals surface area contributed by atoms with E-state index in [0.29, 0.717) is 12.2 Å². The summed E-state index contributed by atoms with van der Waals surface area (Å²) < 4.78 is 5.28. The maximum atomic E-state index is 12.6. The molecule has 0 aromatic heterocycles. The molecule has 1 atom stereocenters. The fourth-order valence-electron chi connectivity index (χ4n) is 3.46. The van der Waals surface area contributed by atoms with E-state index in [1.807, 2.05) is 31.2 Å². The minimum Gasteiger partial charge on any atom is -0.452 e. The van der Waals surface area contributed by atoms with Crippen LogP contribution in [0.15, 0.2) is 36.4 Å². The number of amides is 2. The first kappa shape index (κ1) is 18.9. The van der Waals surface area contributed by atoms with Gasteiger partial charge in [0, 0.05) is 19.5 Å². The van der Waals surface area contributed by atoms with Crippen molar-refractivity contribution in [2.24, 2.45) is 0 Å². The standard InChI is InChI=1S/C21H24N2O4/c1-14-7-5-6-10-23(14)20(25)13-27-21(26)18-11-16-8-3-4-9-17(16)12-19(18)22-15(2)24/h3-4,8-9,11-12,14H,5-7,10,13H2,1-2H3,(H,22,24)/t14-/m1/s1.